The van der Waals surface area contributed by atoms with Gasteiger partial charge in [0, 0.05) is 30.9 Å². The van der Waals surface area contributed by atoms with Crippen molar-refractivity contribution in [1.82, 2.24) is 9.99 Å². The van der Waals surface area contributed by atoms with E-state index in [0.717, 1.165) is 31.9 Å². The van der Waals surface area contributed by atoms with Crippen molar-refractivity contribution >= 4 is 33.2 Å². The molecule has 4 aromatic carbocycles. The molecule has 11 nitrogen and oxygen atoms in total. The predicted molar refractivity (Wildman–Crippen MR) is 193 cm³/mol. The van der Waals surface area contributed by atoms with Crippen LogP contribution in [0, 0.1) is 0 Å². The number of amides is 1. The third-order valence-electron chi connectivity index (χ3n) is 8.31. The number of rotatable bonds is 14. The molecule has 1 amide bonds. The van der Waals surface area contributed by atoms with Gasteiger partial charge in [0.1, 0.15) is 5.01 Å². The fourth-order valence-corrected chi connectivity index (χ4v) is 6.80. The number of benzene rings is 4. The van der Waals surface area contributed by atoms with E-state index in [1.165, 1.54) is 11.9 Å². The fraction of sp³-hybridized carbons (Fsp3) is 0.289. The molecule has 1 aromatic heterocycles. The average Bonchev–Trinajstić information content (AvgIpc) is 3.80. The Morgan fingerprint density at radius 1 is 0.740 bits per heavy atom. The molecule has 1 aliphatic heterocycles. The van der Waals surface area contributed by atoms with Crippen LogP contribution in [-0.2, 0) is 4.79 Å². The number of carbonyl (C=O) groups excluding carboxylic acids is 1. The van der Waals surface area contributed by atoms with E-state index in [-0.39, 0.29) is 11.9 Å². The highest BCUT2D eigenvalue weighted by Gasteiger charge is 2.33. The molecule has 0 bridgehead atoms. The Labute approximate surface area is 294 Å². The molecule has 5 aromatic rings. The van der Waals surface area contributed by atoms with Crippen LogP contribution in [0.25, 0.3) is 20.8 Å². The maximum atomic E-state index is 12.8. The third kappa shape index (κ3) is 7.11. The van der Waals surface area contributed by atoms with Crippen LogP contribution >= 0.6 is 11.3 Å². The van der Waals surface area contributed by atoms with E-state index in [1.807, 2.05) is 66.7 Å². The van der Waals surface area contributed by atoms with Gasteiger partial charge in [0.2, 0.25) is 11.7 Å². The Bertz CT molecular complexity index is 1970. The van der Waals surface area contributed by atoms with Crippen molar-refractivity contribution in [3.05, 3.63) is 83.9 Å². The maximum Gasteiger partial charge on any atom is 0.240 e. The minimum atomic E-state index is -0.351. The monoisotopic (exact) mass is 697 g/mol. The van der Waals surface area contributed by atoms with Crippen LogP contribution < -0.4 is 33.2 Å². The molecule has 0 radical (unpaired) electrons. The molecule has 6 rings (SSSR count). The van der Waals surface area contributed by atoms with Gasteiger partial charge >= 0.3 is 0 Å². The lowest BCUT2D eigenvalue weighted by Gasteiger charge is -2.22. The van der Waals surface area contributed by atoms with Crippen molar-refractivity contribution in [2.45, 2.75) is 25.8 Å². The van der Waals surface area contributed by atoms with Crippen LogP contribution in [-0.4, -0.2) is 70.4 Å². The van der Waals surface area contributed by atoms with Crippen molar-refractivity contribution in [2.24, 2.45) is 5.10 Å². The first kappa shape index (κ1) is 34.4. The zero-order valence-corrected chi connectivity index (χ0v) is 29.7. The zero-order chi connectivity index (χ0) is 35.2. The summed E-state index contributed by atoms with van der Waals surface area (Å²) in [6, 6.07) is 22.9. The van der Waals surface area contributed by atoms with Crippen LogP contribution in [0.2, 0.25) is 0 Å². The molecule has 0 N–H and O–H groups in total. The number of para-hydroxylation sites is 1. The quantitative estimate of drug-likeness (QED) is 0.109. The number of hydrogen-bond acceptors (Lipinski definition) is 11. The predicted octanol–water partition coefficient (Wildman–Crippen LogP) is 7.55. The van der Waals surface area contributed by atoms with Crippen molar-refractivity contribution < 1.29 is 38.0 Å². The third-order valence-corrected chi connectivity index (χ3v) is 9.40. The van der Waals surface area contributed by atoms with E-state index in [4.69, 9.17) is 43.2 Å². The SMILES string of the molecule is COc1cc(-c2nc3ccccc3s2)ccc1OCCCOc1cc(C2CC(c3cc(OC)c(OC)c(OC)c3)=NN2C(C)=O)ccc1OC. The Kier molecular flexibility index (Phi) is 10.6. The number of hydrogen-bond donors (Lipinski definition) is 0. The Hall–Kier alpha value is -5.49. The van der Waals surface area contributed by atoms with Gasteiger partial charge in [0.05, 0.1) is 70.7 Å². The van der Waals surface area contributed by atoms with Crippen LogP contribution in [0.3, 0.4) is 0 Å². The van der Waals surface area contributed by atoms with Crippen molar-refractivity contribution in [3.8, 4) is 50.8 Å². The molecular formula is C38H39N3O8S. The smallest absolute Gasteiger partial charge is 0.240 e. The summed E-state index contributed by atoms with van der Waals surface area (Å²) in [7, 11) is 7.90. The van der Waals surface area contributed by atoms with Gasteiger partial charge in [-0.05, 0) is 60.2 Å². The number of ether oxygens (including phenoxy) is 7. The topological polar surface area (TPSA) is 110 Å². The van der Waals surface area contributed by atoms with Gasteiger partial charge in [-0.3, -0.25) is 4.79 Å². The van der Waals surface area contributed by atoms with Crippen LogP contribution in [0.1, 0.15) is 36.9 Å². The minimum Gasteiger partial charge on any atom is -0.493 e. The summed E-state index contributed by atoms with van der Waals surface area (Å²) in [5.41, 5.74) is 4.28. The summed E-state index contributed by atoms with van der Waals surface area (Å²) in [5.74, 6) is 3.74. The van der Waals surface area contributed by atoms with Crippen molar-refractivity contribution in [2.75, 3.05) is 48.8 Å². The van der Waals surface area contributed by atoms with Gasteiger partial charge in [0.15, 0.2) is 34.5 Å². The molecule has 2 heterocycles. The summed E-state index contributed by atoms with van der Waals surface area (Å²) >= 11 is 1.64. The van der Waals surface area contributed by atoms with Gasteiger partial charge in [-0.1, -0.05) is 18.2 Å². The van der Waals surface area contributed by atoms with Crippen LogP contribution in [0.5, 0.6) is 40.2 Å². The van der Waals surface area contributed by atoms with E-state index in [1.54, 1.807) is 46.9 Å². The lowest BCUT2D eigenvalue weighted by Crippen LogP contribution is -2.24. The zero-order valence-electron chi connectivity index (χ0n) is 28.8. The van der Waals surface area contributed by atoms with Gasteiger partial charge in [-0.15, -0.1) is 11.3 Å². The Morgan fingerprint density at radius 2 is 1.40 bits per heavy atom. The van der Waals surface area contributed by atoms with Crippen LogP contribution in [0.4, 0.5) is 0 Å². The van der Waals surface area contributed by atoms with E-state index in [9.17, 15) is 4.79 Å². The van der Waals surface area contributed by atoms with Gasteiger partial charge in [0.25, 0.3) is 0 Å². The summed E-state index contributed by atoms with van der Waals surface area (Å²) < 4.78 is 41.2. The van der Waals surface area contributed by atoms with E-state index in [2.05, 4.69) is 6.07 Å². The molecule has 0 fully saturated rings. The fourth-order valence-electron chi connectivity index (χ4n) is 5.83. The molecule has 0 saturated carbocycles. The summed E-state index contributed by atoms with van der Waals surface area (Å²) in [4.78, 5) is 17.5. The van der Waals surface area contributed by atoms with Crippen molar-refractivity contribution in [3.63, 3.8) is 0 Å². The number of hydrazone groups is 1. The first-order valence-electron chi connectivity index (χ1n) is 16.0. The number of fused-ring (bicyclic) bond motifs is 1. The van der Waals surface area contributed by atoms with E-state index in [0.29, 0.717) is 72.0 Å². The van der Waals surface area contributed by atoms with E-state index < -0.39 is 0 Å². The maximum absolute atomic E-state index is 12.8. The Morgan fingerprint density at radius 3 is 2.06 bits per heavy atom. The number of nitrogens with zero attached hydrogens (tertiary/aromatic N) is 3. The number of carbonyl (C=O) groups is 1. The van der Waals surface area contributed by atoms with Crippen LogP contribution in [0.15, 0.2) is 77.9 Å². The second kappa shape index (κ2) is 15.4. The van der Waals surface area contributed by atoms with Gasteiger partial charge in [-0.25, -0.2) is 9.99 Å². The summed E-state index contributed by atoms with van der Waals surface area (Å²) in [6.45, 7) is 2.28. The molecule has 50 heavy (non-hydrogen) atoms. The molecule has 0 saturated heterocycles. The van der Waals surface area contributed by atoms with Gasteiger partial charge < -0.3 is 33.2 Å². The first-order valence-corrected chi connectivity index (χ1v) is 16.8. The number of thiazole rings is 1. The average molecular weight is 698 g/mol. The molecule has 1 atom stereocenters. The molecule has 0 spiro atoms. The lowest BCUT2D eigenvalue weighted by molar-refractivity contribution is -0.130. The molecule has 12 heteroatoms. The largest absolute Gasteiger partial charge is 0.493 e. The van der Waals surface area contributed by atoms with Crippen molar-refractivity contribution in [1.29, 1.82) is 0 Å². The molecule has 0 aliphatic carbocycles. The Balaban J connectivity index is 1.11. The summed E-state index contributed by atoms with van der Waals surface area (Å²) in [6.07, 6.45) is 1.07. The number of aromatic nitrogens is 1. The highest BCUT2D eigenvalue weighted by Crippen LogP contribution is 2.42. The van der Waals surface area contributed by atoms with E-state index >= 15 is 0 Å². The highest BCUT2D eigenvalue weighted by molar-refractivity contribution is 7.21. The summed E-state index contributed by atoms with van der Waals surface area (Å²) in [5, 5.41) is 7.12. The normalized spacial score (nSPS) is 13.9. The number of methoxy groups -OCH3 is 5. The highest BCUT2D eigenvalue weighted by atomic mass is 32.1. The molecule has 1 unspecified atom stereocenters. The molecule has 1 aliphatic rings. The second-order valence-corrected chi connectivity index (χ2v) is 12.4. The van der Waals surface area contributed by atoms with Gasteiger partial charge in [-0.2, -0.15) is 5.10 Å². The second-order valence-electron chi connectivity index (χ2n) is 11.4. The first-order chi connectivity index (χ1) is 24.4. The standard InChI is InChI=1S/C38H39N3O8S/c1-23(42)41-29(22-28(40-41)26-20-34(45-4)37(47-6)35(21-26)46-5)24-12-14-30(43-2)33(18-24)49-17-9-16-48-31-15-13-25(19-32(31)44-3)38-39-27-10-7-8-11-36(27)50-38/h7-8,10-15,18-21,29H,9,16-17,22H2,1-6H3. The minimum absolute atomic E-state index is 0.184. The molecule has 260 valence electrons. The lowest BCUT2D eigenvalue weighted by atomic mass is 9.97. The molecular weight excluding hydrogens is 658 g/mol.